The summed E-state index contributed by atoms with van der Waals surface area (Å²) < 4.78 is 6.08. The first-order chi connectivity index (χ1) is 11.8. The summed E-state index contributed by atoms with van der Waals surface area (Å²) in [5.74, 6) is 1.54. The second kappa shape index (κ2) is 9.99. The van der Waals surface area contributed by atoms with E-state index in [1.165, 1.54) is 0 Å². The van der Waals surface area contributed by atoms with Gasteiger partial charge in [-0.1, -0.05) is 25.1 Å². The second-order valence-corrected chi connectivity index (χ2v) is 7.18. The molecule has 7 heteroatoms. The number of nitrogens with one attached hydrogen (secondary N) is 2. The zero-order valence-electron chi connectivity index (χ0n) is 16.3. The number of fused-ring (bicyclic) bond motifs is 1. The Morgan fingerprint density at radius 3 is 2.69 bits per heavy atom. The van der Waals surface area contributed by atoms with Gasteiger partial charge in [0.15, 0.2) is 5.96 Å². The Morgan fingerprint density at radius 2 is 2.04 bits per heavy atom. The van der Waals surface area contributed by atoms with Crippen molar-refractivity contribution in [2.24, 2.45) is 4.99 Å². The maximum atomic E-state index is 11.9. The number of amides is 1. The van der Waals surface area contributed by atoms with Crippen LogP contribution < -0.4 is 15.4 Å². The van der Waals surface area contributed by atoms with Crippen LogP contribution in [-0.2, 0) is 4.79 Å². The SMILES string of the molecule is CCCNC(=NCC(=O)N(C)C)NC1CC(C)(C)Oc2ccccc21.I. The molecule has 1 heterocycles. The van der Waals surface area contributed by atoms with Gasteiger partial charge in [0.1, 0.15) is 17.9 Å². The standard InChI is InChI=1S/C19H30N4O2.HI/c1-6-11-20-18(21-13-17(24)23(4)5)22-15-12-19(2,3)25-16-10-8-7-9-14(15)16;/h7-10,15H,6,11-13H2,1-5H3,(H2,20,21,22);1H. The zero-order chi connectivity index (χ0) is 18.4. The van der Waals surface area contributed by atoms with E-state index in [2.05, 4.69) is 42.5 Å². The normalized spacial score (nSPS) is 18.0. The van der Waals surface area contributed by atoms with E-state index in [9.17, 15) is 4.79 Å². The van der Waals surface area contributed by atoms with Gasteiger partial charge < -0.3 is 20.3 Å². The number of para-hydroxylation sites is 1. The van der Waals surface area contributed by atoms with Crippen LogP contribution in [0.5, 0.6) is 5.75 Å². The lowest BCUT2D eigenvalue weighted by atomic mass is 9.90. The maximum Gasteiger partial charge on any atom is 0.243 e. The van der Waals surface area contributed by atoms with Crippen LogP contribution in [0, 0.1) is 0 Å². The van der Waals surface area contributed by atoms with Crippen molar-refractivity contribution in [3.05, 3.63) is 29.8 Å². The second-order valence-electron chi connectivity index (χ2n) is 7.18. The van der Waals surface area contributed by atoms with E-state index in [0.29, 0.717) is 5.96 Å². The van der Waals surface area contributed by atoms with E-state index >= 15 is 0 Å². The minimum atomic E-state index is -0.263. The number of guanidine groups is 1. The molecule has 0 aliphatic carbocycles. The lowest BCUT2D eigenvalue weighted by Crippen LogP contribution is -2.45. The summed E-state index contributed by atoms with van der Waals surface area (Å²) >= 11 is 0. The predicted octanol–water partition coefficient (Wildman–Crippen LogP) is 2.94. The average Bonchev–Trinajstić information content (AvgIpc) is 2.55. The Hall–Kier alpha value is -1.51. The highest BCUT2D eigenvalue weighted by Crippen LogP contribution is 2.39. The van der Waals surface area contributed by atoms with Gasteiger partial charge in [0.25, 0.3) is 0 Å². The number of likely N-dealkylation sites (N-methyl/N-ethyl adjacent to an activating group) is 1. The van der Waals surface area contributed by atoms with Crippen molar-refractivity contribution in [2.45, 2.75) is 45.3 Å². The molecule has 1 unspecified atom stereocenters. The Morgan fingerprint density at radius 1 is 1.35 bits per heavy atom. The van der Waals surface area contributed by atoms with E-state index in [-0.39, 0.29) is 48.1 Å². The Bertz CT molecular complexity index is 632. The van der Waals surface area contributed by atoms with Crippen molar-refractivity contribution in [2.75, 3.05) is 27.2 Å². The molecule has 2 N–H and O–H groups in total. The van der Waals surface area contributed by atoms with E-state index in [1.54, 1.807) is 19.0 Å². The number of hydrogen-bond donors (Lipinski definition) is 2. The van der Waals surface area contributed by atoms with Gasteiger partial charge in [-0.3, -0.25) is 4.79 Å². The summed E-state index contributed by atoms with van der Waals surface area (Å²) in [6.07, 6.45) is 1.80. The molecule has 1 aliphatic rings. The summed E-state index contributed by atoms with van der Waals surface area (Å²) in [5.41, 5.74) is 0.855. The van der Waals surface area contributed by atoms with E-state index in [1.807, 2.05) is 18.2 Å². The van der Waals surface area contributed by atoms with E-state index in [0.717, 1.165) is 30.7 Å². The van der Waals surface area contributed by atoms with Gasteiger partial charge in [0, 0.05) is 32.6 Å². The van der Waals surface area contributed by atoms with Gasteiger partial charge in [0.05, 0.1) is 6.04 Å². The first-order valence-corrected chi connectivity index (χ1v) is 8.85. The van der Waals surface area contributed by atoms with Gasteiger partial charge in [-0.2, -0.15) is 0 Å². The number of ether oxygens (including phenoxy) is 1. The van der Waals surface area contributed by atoms with Crippen LogP contribution in [0.2, 0.25) is 0 Å². The molecule has 1 atom stereocenters. The molecule has 0 saturated carbocycles. The van der Waals surface area contributed by atoms with Crippen LogP contribution in [0.1, 0.15) is 45.2 Å². The molecule has 1 aliphatic heterocycles. The number of benzene rings is 1. The summed E-state index contributed by atoms with van der Waals surface area (Å²) in [6.45, 7) is 7.20. The van der Waals surface area contributed by atoms with Crippen LogP contribution in [0.25, 0.3) is 0 Å². The van der Waals surface area contributed by atoms with Crippen molar-refractivity contribution >= 4 is 35.8 Å². The molecule has 0 spiro atoms. The molecule has 0 aromatic heterocycles. The number of carbonyl (C=O) groups is 1. The molecule has 1 aromatic rings. The molecule has 6 nitrogen and oxygen atoms in total. The van der Waals surface area contributed by atoms with Gasteiger partial charge in [-0.05, 0) is 26.3 Å². The molecule has 0 radical (unpaired) electrons. The highest BCUT2D eigenvalue weighted by molar-refractivity contribution is 14.0. The molecular weight excluding hydrogens is 443 g/mol. The molecule has 0 bridgehead atoms. The van der Waals surface area contributed by atoms with Gasteiger partial charge in [-0.25, -0.2) is 4.99 Å². The smallest absolute Gasteiger partial charge is 0.243 e. The van der Waals surface area contributed by atoms with Crippen LogP contribution >= 0.6 is 24.0 Å². The number of carbonyl (C=O) groups excluding carboxylic acids is 1. The summed E-state index contributed by atoms with van der Waals surface area (Å²) in [6, 6.07) is 8.15. The molecule has 1 aromatic carbocycles. The summed E-state index contributed by atoms with van der Waals surface area (Å²) in [7, 11) is 3.48. The van der Waals surface area contributed by atoms with Crippen molar-refractivity contribution in [3.63, 3.8) is 0 Å². The summed E-state index contributed by atoms with van der Waals surface area (Å²) in [4.78, 5) is 17.9. The molecule has 2 rings (SSSR count). The molecule has 0 saturated heterocycles. The zero-order valence-corrected chi connectivity index (χ0v) is 18.7. The highest BCUT2D eigenvalue weighted by atomic mass is 127. The van der Waals surface area contributed by atoms with Gasteiger partial charge in [0.2, 0.25) is 5.91 Å². The lowest BCUT2D eigenvalue weighted by molar-refractivity contribution is -0.127. The number of halogens is 1. The fourth-order valence-corrected chi connectivity index (χ4v) is 2.78. The first-order valence-electron chi connectivity index (χ1n) is 8.85. The number of hydrogen-bond acceptors (Lipinski definition) is 3. The Kier molecular flexibility index (Phi) is 8.66. The first kappa shape index (κ1) is 22.5. The highest BCUT2D eigenvalue weighted by Gasteiger charge is 2.33. The van der Waals surface area contributed by atoms with Crippen molar-refractivity contribution in [1.82, 2.24) is 15.5 Å². The van der Waals surface area contributed by atoms with Crippen LogP contribution in [-0.4, -0.2) is 49.6 Å². The maximum absolute atomic E-state index is 11.9. The third-order valence-electron chi connectivity index (χ3n) is 4.10. The third-order valence-corrected chi connectivity index (χ3v) is 4.10. The van der Waals surface area contributed by atoms with Crippen molar-refractivity contribution in [3.8, 4) is 5.75 Å². The third kappa shape index (κ3) is 6.34. The topological polar surface area (TPSA) is 66.0 Å². The quantitative estimate of drug-likeness (QED) is 0.392. The minimum Gasteiger partial charge on any atom is -0.487 e. The fourth-order valence-electron chi connectivity index (χ4n) is 2.78. The molecule has 1 amide bonds. The van der Waals surface area contributed by atoms with Gasteiger partial charge in [-0.15, -0.1) is 24.0 Å². The molecule has 26 heavy (non-hydrogen) atoms. The van der Waals surface area contributed by atoms with Crippen LogP contribution in [0.3, 0.4) is 0 Å². The Balaban J connectivity index is 0.00000338. The Labute approximate surface area is 173 Å². The number of aliphatic imine (C=N–C) groups is 1. The largest absolute Gasteiger partial charge is 0.487 e. The van der Waals surface area contributed by atoms with Crippen LogP contribution in [0.4, 0.5) is 0 Å². The molecule has 0 fully saturated rings. The predicted molar refractivity (Wildman–Crippen MR) is 116 cm³/mol. The fraction of sp³-hybridized carbons (Fsp3) is 0.579. The van der Waals surface area contributed by atoms with Gasteiger partial charge >= 0.3 is 0 Å². The van der Waals surface area contributed by atoms with Crippen molar-refractivity contribution in [1.29, 1.82) is 0 Å². The van der Waals surface area contributed by atoms with Crippen LogP contribution in [0.15, 0.2) is 29.3 Å². The average molecular weight is 474 g/mol. The lowest BCUT2D eigenvalue weighted by Gasteiger charge is -2.38. The van der Waals surface area contributed by atoms with Crippen molar-refractivity contribution < 1.29 is 9.53 Å². The van der Waals surface area contributed by atoms with E-state index in [4.69, 9.17) is 4.74 Å². The number of nitrogens with zero attached hydrogens (tertiary/aromatic N) is 2. The number of rotatable bonds is 5. The summed E-state index contributed by atoms with van der Waals surface area (Å²) in [5, 5.41) is 6.78. The molecule has 146 valence electrons. The molecular formula is C19H31IN4O2. The minimum absolute atomic E-state index is 0. The van der Waals surface area contributed by atoms with E-state index < -0.39 is 0 Å². The monoisotopic (exact) mass is 474 g/mol.